The lowest BCUT2D eigenvalue weighted by Crippen LogP contribution is -2.37. The fraction of sp³-hybridized carbons (Fsp3) is 0.850. The van der Waals surface area contributed by atoms with Crippen LogP contribution in [0.2, 0.25) is 0 Å². The van der Waals surface area contributed by atoms with Gasteiger partial charge in [0.05, 0.1) is 13.1 Å². The molecule has 0 atom stereocenters. The molecule has 22 heavy (non-hydrogen) atoms. The van der Waals surface area contributed by atoms with Crippen molar-refractivity contribution in [3.63, 3.8) is 0 Å². The Morgan fingerprint density at radius 2 is 1.41 bits per heavy atom. The van der Waals surface area contributed by atoms with E-state index in [2.05, 4.69) is 42.3 Å². The summed E-state index contributed by atoms with van der Waals surface area (Å²) in [6.07, 6.45) is 20.8. The number of imidazole rings is 1. The van der Waals surface area contributed by atoms with E-state index in [1.165, 1.54) is 90.1 Å². The molecule has 0 spiro atoms. The Labute approximate surface area is 138 Å². The molecule has 0 amide bonds. The zero-order chi connectivity index (χ0) is 16.0. The second kappa shape index (κ2) is 12.7. The third-order valence-electron chi connectivity index (χ3n) is 4.60. The molecule has 0 saturated carbocycles. The van der Waals surface area contributed by atoms with Crippen molar-refractivity contribution in [3.8, 4) is 0 Å². The molecule has 0 aliphatic heterocycles. The summed E-state index contributed by atoms with van der Waals surface area (Å²) in [5.41, 5.74) is 0. The Hall–Kier alpha value is -0.790. The first-order valence-corrected chi connectivity index (χ1v) is 9.90. The van der Waals surface area contributed by atoms with Crippen molar-refractivity contribution in [2.24, 2.45) is 0 Å². The molecule has 128 valence electrons. The summed E-state index contributed by atoms with van der Waals surface area (Å²) in [6.45, 7) is 9.29. The molecular formula is C20H39N2+. The second-order valence-electron chi connectivity index (χ2n) is 6.68. The van der Waals surface area contributed by atoms with Crippen molar-refractivity contribution in [2.45, 2.75) is 111 Å². The molecule has 0 saturated heterocycles. The van der Waals surface area contributed by atoms with E-state index in [-0.39, 0.29) is 0 Å². The van der Waals surface area contributed by atoms with E-state index < -0.39 is 0 Å². The first kappa shape index (κ1) is 19.3. The van der Waals surface area contributed by atoms with Crippen molar-refractivity contribution in [2.75, 3.05) is 0 Å². The fourth-order valence-corrected chi connectivity index (χ4v) is 3.12. The van der Waals surface area contributed by atoms with Gasteiger partial charge in [0, 0.05) is 6.42 Å². The van der Waals surface area contributed by atoms with E-state index in [0.29, 0.717) is 0 Å². The summed E-state index contributed by atoms with van der Waals surface area (Å²) < 4.78 is 5.05. The van der Waals surface area contributed by atoms with Crippen LogP contribution in [0.15, 0.2) is 12.4 Å². The van der Waals surface area contributed by atoms with Crippen LogP contribution in [-0.4, -0.2) is 4.57 Å². The molecule has 0 unspecified atom stereocenters. The number of hydrogen-bond donors (Lipinski definition) is 0. The lowest BCUT2D eigenvalue weighted by atomic mass is 10.1. The van der Waals surface area contributed by atoms with Gasteiger partial charge in [0.2, 0.25) is 0 Å². The SMILES string of the molecule is CCCCCCCC[n+]1ccn(CCCCC)c1CCCC. The van der Waals surface area contributed by atoms with Crippen LogP contribution in [0, 0.1) is 0 Å². The number of nitrogens with zero attached hydrogens (tertiary/aromatic N) is 2. The molecule has 2 heteroatoms. The van der Waals surface area contributed by atoms with Crippen LogP contribution in [0.4, 0.5) is 0 Å². The molecule has 2 nitrogen and oxygen atoms in total. The predicted molar refractivity (Wildman–Crippen MR) is 96.1 cm³/mol. The van der Waals surface area contributed by atoms with E-state index in [1.807, 2.05) is 0 Å². The zero-order valence-electron chi connectivity index (χ0n) is 15.4. The Morgan fingerprint density at radius 1 is 0.773 bits per heavy atom. The molecular weight excluding hydrogens is 268 g/mol. The Balaban J connectivity index is 2.45. The fourth-order valence-electron chi connectivity index (χ4n) is 3.12. The van der Waals surface area contributed by atoms with Crippen LogP contribution in [0.5, 0.6) is 0 Å². The van der Waals surface area contributed by atoms with Crippen molar-refractivity contribution in [1.82, 2.24) is 4.57 Å². The van der Waals surface area contributed by atoms with Gasteiger partial charge in [-0.15, -0.1) is 0 Å². The largest absolute Gasteiger partial charge is 0.256 e. The highest BCUT2D eigenvalue weighted by Crippen LogP contribution is 2.08. The normalized spacial score (nSPS) is 11.2. The highest BCUT2D eigenvalue weighted by molar-refractivity contribution is 4.84. The topological polar surface area (TPSA) is 8.81 Å². The lowest BCUT2D eigenvalue weighted by molar-refractivity contribution is -0.704. The van der Waals surface area contributed by atoms with Crippen LogP contribution >= 0.6 is 0 Å². The van der Waals surface area contributed by atoms with E-state index in [0.717, 1.165) is 0 Å². The zero-order valence-corrected chi connectivity index (χ0v) is 15.4. The molecule has 0 N–H and O–H groups in total. The minimum absolute atomic E-state index is 1.20. The van der Waals surface area contributed by atoms with Gasteiger partial charge in [0.15, 0.2) is 0 Å². The molecule has 0 radical (unpaired) electrons. The van der Waals surface area contributed by atoms with Gasteiger partial charge in [-0.25, -0.2) is 9.13 Å². The van der Waals surface area contributed by atoms with Gasteiger partial charge >= 0.3 is 0 Å². The summed E-state index contributed by atoms with van der Waals surface area (Å²) in [6, 6.07) is 0. The summed E-state index contributed by atoms with van der Waals surface area (Å²) in [4.78, 5) is 0. The highest BCUT2D eigenvalue weighted by atomic mass is 15.1. The Kier molecular flexibility index (Phi) is 11.1. The van der Waals surface area contributed by atoms with Crippen LogP contribution in [0.1, 0.15) is 97.2 Å². The molecule has 0 aliphatic carbocycles. The maximum absolute atomic E-state index is 2.53. The maximum Gasteiger partial charge on any atom is 0.256 e. The standard InChI is InChI=1S/C20H39N2/c1-4-7-10-11-12-14-17-22-19-18-21(16-13-8-5-2)20(22)15-9-6-3/h18-19H,4-17H2,1-3H3/q+1. The summed E-state index contributed by atoms with van der Waals surface area (Å²) in [5, 5.41) is 0. The van der Waals surface area contributed by atoms with E-state index >= 15 is 0 Å². The Morgan fingerprint density at radius 3 is 2.14 bits per heavy atom. The minimum atomic E-state index is 1.20. The average Bonchev–Trinajstić information content (AvgIpc) is 2.91. The van der Waals surface area contributed by atoms with Gasteiger partial charge < -0.3 is 0 Å². The van der Waals surface area contributed by atoms with E-state index in [1.54, 1.807) is 5.82 Å². The van der Waals surface area contributed by atoms with E-state index in [4.69, 9.17) is 0 Å². The van der Waals surface area contributed by atoms with Gasteiger partial charge in [-0.3, -0.25) is 0 Å². The van der Waals surface area contributed by atoms with Crippen LogP contribution in [-0.2, 0) is 19.5 Å². The second-order valence-corrected chi connectivity index (χ2v) is 6.68. The van der Waals surface area contributed by atoms with Crippen LogP contribution in [0.25, 0.3) is 0 Å². The van der Waals surface area contributed by atoms with Crippen LogP contribution < -0.4 is 4.57 Å². The third kappa shape index (κ3) is 7.47. The first-order valence-electron chi connectivity index (χ1n) is 9.90. The monoisotopic (exact) mass is 307 g/mol. The number of aryl methyl sites for hydroxylation is 2. The maximum atomic E-state index is 2.53. The predicted octanol–water partition coefficient (Wildman–Crippen LogP) is 5.67. The van der Waals surface area contributed by atoms with Gasteiger partial charge in [-0.05, 0) is 32.1 Å². The van der Waals surface area contributed by atoms with Crippen molar-refractivity contribution < 1.29 is 4.57 Å². The summed E-state index contributed by atoms with van der Waals surface area (Å²) >= 11 is 0. The molecule has 1 rings (SSSR count). The molecule has 1 aromatic heterocycles. The minimum Gasteiger partial charge on any atom is -0.234 e. The summed E-state index contributed by atoms with van der Waals surface area (Å²) in [5.74, 6) is 1.56. The lowest BCUT2D eigenvalue weighted by Gasteiger charge is -2.05. The molecule has 0 aliphatic rings. The molecule has 0 bridgehead atoms. The number of unbranched alkanes of at least 4 members (excludes halogenated alkanes) is 8. The first-order chi connectivity index (χ1) is 10.8. The molecule has 1 aromatic rings. The van der Waals surface area contributed by atoms with Gasteiger partial charge in [-0.1, -0.05) is 59.3 Å². The Bertz CT molecular complexity index is 368. The van der Waals surface area contributed by atoms with Gasteiger partial charge in [-0.2, -0.15) is 0 Å². The van der Waals surface area contributed by atoms with Crippen LogP contribution in [0.3, 0.4) is 0 Å². The number of rotatable bonds is 14. The quantitative estimate of drug-likeness (QED) is 0.309. The smallest absolute Gasteiger partial charge is 0.234 e. The highest BCUT2D eigenvalue weighted by Gasteiger charge is 2.15. The number of hydrogen-bond acceptors (Lipinski definition) is 0. The molecule has 0 fully saturated rings. The molecule has 0 aromatic carbocycles. The van der Waals surface area contributed by atoms with Gasteiger partial charge in [0.25, 0.3) is 5.82 Å². The van der Waals surface area contributed by atoms with Gasteiger partial charge in [0.1, 0.15) is 12.4 Å². The van der Waals surface area contributed by atoms with Crippen molar-refractivity contribution >= 4 is 0 Å². The molecule has 1 heterocycles. The summed E-state index contributed by atoms with van der Waals surface area (Å²) in [7, 11) is 0. The number of aromatic nitrogens is 2. The average molecular weight is 308 g/mol. The van der Waals surface area contributed by atoms with E-state index in [9.17, 15) is 0 Å². The van der Waals surface area contributed by atoms with Crippen molar-refractivity contribution in [3.05, 3.63) is 18.2 Å². The third-order valence-corrected chi connectivity index (χ3v) is 4.60. The van der Waals surface area contributed by atoms with Crippen molar-refractivity contribution in [1.29, 1.82) is 0 Å².